The number of hydrogen-bond acceptors (Lipinski definition) is 8. The Balaban J connectivity index is 1.59. The third kappa shape index (κ3) is 7.99. The van der Waals surface area contributed by atoms with Crippen molar-refractivity contribution >= 4 is 62.2 Å². The van der Waals surface area contributed by atoms with E-state index in [1.807, 2.05) is 36.4 Å². The number of carboxylic acid groups (broad SMARTS) is 1. The maximum absolute atomic E-state index is 13.0. The molecule has 0 saturated carbocycles. The van der Waals surface area contributed by atoms with Crippen molar-refractivity contribution in [3.05, 3.63) is 42.5 Å². The predicted octanol–water partition coefficient (Wildman–Crippen LogP) is 2.72. The van der Waals surface area contributed by atoms with Crippen LogP contribution in [-0.4, -0.2) is 69.8 Å². The monoisotopic (exact) mass is 531 g/mol. The van der Waals surface area contributed by atoms with Crippen LogP contribution in [0.3, 0.4) is 0 Å². The van der Waals surface area contributed by atoms with E-state index in [0.717, 1.165) is 20.9 Å². The molecule has 2 atom stereocenters. The lowest BCUT2D eigenvalue weighted by molar-refractivity contribution is -0.140. The van der Waals surface area contributed by atoms with Crippen molar-refractivity contribution in [2.45, 2.75) is 32.4 Å². The van der Waals surface area contributed by atoms with Gasteiger partial charge in [0.25, 0.3) is 5.91 Å². The maximum atomic E-state index is 13.0. The lowest BCUT2D eigenvalue weighted by atomic mass is 10.0. The van der Waals surface area contributed by atoms with E-state index < -0.39 is 42.1 Å². The highest BCUT2D eigenvalue weighted by Gasteiger charge is 2.30. The van der Waals surface area contributed by atoms with Gasteiger partial charge in [-0.05, 0) is 17.4 Å². The van der Waals surface area contributed by atoms with E-state index in [1.54, 1.807) is 31.7 Å². The normalized spacial score (nSPS) is 14.7. The molecule has 0 fully saturated rings. The van der Waals surface area contributed by atoms with Crippen LogP contribution in [0.4, 0.5) is 0 Å². The minimum absolute atomic E-state index is 0.00162. The van der Waals surface area contributed by atoms with Crippen molar-refractivity contribution in [2.24, 2.45) is 10.9 Å². The second kappa shape index (κ2) is 13.3. The van der Waals surface area contributed by atoms with Crippen LogP contribution >= 0.6 is 23.5 Å². The summed E-state index contributed by atoms with van der Waals surface area (Å²) in [4.78, 5) is 53.9. The number of carbonyl (C=O) groups excluding carboxylic acids is 3. The Morgan fingerprint density at radius 2 is 1.86 bits per heavy atom. The van der Waals surface area contributed by atoms with E-state index in [9.17, 15) is 24.3 Å². The summed E-state index contributed by atoms with van der Waals surface area (Å²) in [5, 5.41) is 16.3. The third-order valence-electron chi connectivity index (χ3n) is 5.35. The Kier molecular flexibility index (Phi) is 10.2. The number of nitrogens with zero attached hydrogens (tertiary/aromatic N) is 1. The van der Waals surface area contributed by atoms with Crippen LogP contribution in [0.2, 0.25) is 0 Å². The highest BCUT2D eigenvalue weighted by atomic mass is 32.2. The molecular weight excluding hydrogens is 502 g/mol. The van der Waals surface area contributed by atoms with E-state index in [0.29, 0.717) is 12.3 Å². The molecule has 0 spiro atoms. The molecule has 3 rings (SSSR count). The minimum Gasteiger partial charge on any atom is -0.483 e. The van der Waals surface area contributed by atoms with E-state index in [1.165, 1.54) is 11.8 Å². The molecule has 192 valence electrons. The van der Waals surface area contributed by atoms with Gasteiger partial charge in [0.15, 0.2) is 12.4 Å². The Morgan fingerprint density at radius 1 is 1.11 bits per heavy atom. The molecule has 0 bridgehead atoms. The number of carbonyl (C=O) groups is 4. The largest absolute Gasteiger partial charge is 0.483 e. The smallest absolute Gasteiger partial charge is 0.305 e. The summed E-state index contributed by atoms with van der Waals surface area (Å²) in [6.07, 6.45) is -0.548. The second-order valence-electron chi connectivity index (χ2n) is 8.47. The van der Waals surface area contributed by atoms with Gasteiger partial charge in [-0.25, -0.2) is 0 Å². The number of aliphatic carboxylic acids is 1. The van der Waals surface area contributed by atoms with Crippen molar-refractivity contribution in [2.75, 3.05) is 24.7 Å². The molecule has 0 radical (unpaired) electrons. The van der Waals surface area contributed by atoms with Gasteiger partial charge in [-0.15, -0.1) is 0 Å². The second-order valence-corrected chi connectivity index (χ2v) is 10.8. The number of ether oxygens (including phenoxy) is 1. The van der Waals surface area contributed by atoms with Crippen molar-refractivity contribution in [3.8, 4) is 5.75 Å². The molecule has 1 aliphatic heterocycles. The fraction of sp³-hybridized carbons (Fsp3) is 0.400. The first-order valence-corrected chi connectivity index (χ1v) is 13.5. The lowest BCUT2D eigenvalue weighted by Crippen LogP contribution is -2.55. The van der Waals surface area contributed by atoms with Crippen molar-refractivity contribution in [1.29, 1.82) is 0 Å². The Morgan fingerprint density at radius 3 is 2.56 bits per heavy atom. The number of nitrogens with one attached hydrogen (secondary N) is 2. The Bertz CT molecular complexity index is 1150. The number of ketones is 1. The van der Waals surface area contributed by atoms with Crippen LogP contribution in [0.5, 0.6) is 5.75 Å². The number of carboxylic acids is 1. The molecule has 9 nitrogen and oxygen atoms in total. The Hall–Kier alpha value is -3.05. The quantitative estimate of drug-likeness (QED) is 0.381. The summed E-state index contributed by atoms with van der Waals surface area (Å²) in [7, 11) is 0. The van der Waals surface area contributed by atoms with Crippen molar-refractivity contribution in [3.63, 3.8) is 0 Å². The molecule has 0 saturated heterocycles. The SMILES string of the molecule is CC(C)[C@H](NC(=O)COc1cccc2ccccc12)C(=O)N[C@@H](CC(=O)O)C(=O)CSC1=NCCS1. The average Bonchev–Trinajstić information content (AvgIpc) is 3.37. The van der Waals surface area contributed by atoms with Gasteiger partial charge in [-0.3, -0.25) is 24.2 Å². The number of hydrogen-bond donors (Lipinski definition) is 3. The van der Waals surface area contributed by atoms with Gasteiger partial charge in [0.05, 0.1) is 24.8 Å². The summed E-state index contributed by atoms with van der Waals surface area (Å²) >= 11 is 2.78. The van der Waals surface area contributed by atoms with Gasteiger partial charge in [0, 0.05) is 11.1 Å². The van der Waals surface area contributed by atoms with E-state index >= 15 is 0 Å². The molecule has 1 heterocycles. The van der Waals surface area contributed by atoms with Crippen LogP contribution in [0.25, 0.3) is 10.8 Å². The van der Waals surface area contributed by atoms with E-state index in [-0.39, 0.29) is 18.3 Å². The number of Topliss-reactive ketones (excluding diaryl/α,β-unsaturated/α-hetero) is 1. The van der Waals surface area contributed by atoms with Crippen LogP contribution < -0.4 is 15.4 Å². The van der Waals surface area contributed by atoms with Gasteiger partial charge >= 0.3 is 5.97 Å². The van der Waals surface area contributed by atoms with E-state index in [4.69, 9.17) is 4.74 Å². The zero-order valence-corrected chi connectivity index (χ0v) is 21.7. The summed E-state index contributed by atoms with van der Waals surface area (Å²) < 4.78 is 6.48. The fourth-order valence-corrected chi connectivity index (χ4v) is 5.48. The van der Waals surface area contributed by atoms with Crippen LogP contribution in [0.15, 0.2) is 47.5 Å². The number of aliphatic imine (C=N–C) groups is 1. The number of thioether (sulfide) groups is 2. The maximum Gasteiger partial charge on any atom is 0.305 e. The molecule has 11 heteroatoms. The first-order valence-electron chi connectivity index (χ1n) is 11.5. The van der Waals surface area contributed by atoms with Crippen LogP contribution in [0.1, 0.15) is 20.3 Å². The number of amides is 2. The fourth-order valence-electron chi connectivity index (χ4n) is 3.53. The molecule has 0 unspecified atom stereocenters. The average molecular weight is 532 g/mol. The zero-order valence-electron chi connectivity index (χ0n) is 20.1. The molecular formula is C25H29N3O6S2. The Labute approximate surface area is 217 Å². The van der Waals surface area contributed by atoms with Crippen LogP contribution in [-0.2, 0) is 19.2 Å². The number of fused-ring (bicyclic) bond motifs is 1. The molecule has 0 aromatic heterocycles. The highest BCUT2D eigenvalue weighted by molar-refractivity contribution is 8.39. The van der Waals surface area contributed by atoms with Gasteiger partial charge in [0.2, 0.25) is 5.91 Å². The summed E-state index contributed by atoms with van der Waals surface area (Å²) in [5.74, 6) is -1.67. The van der Waals surface area contributed by atoms with Gasteiger partial charge in [-0.2, -0.15) is 0 Å². The van der Waals surface area contributed by atoms with Gasteiger partial charge in [0.1, 0.15) is 16.2 Å². The van der Waals surface area contributed by atoms with Gasteiger partial charge in [-0.1, -0.05) is 73.8 Å². The third-order valence-corrected chi connectivity index (χ3v) is 7.63. The number of benzene rings is 2. The first kappa shape index (κ1) is 27.5. The number of rotatable bonds is 12. The molecule has 1 aliphatic rings. The highest BCUT2D eigenvalue weighted by Crippen LogP contribution is 2.25. The first-order chi connectivity index (χ1) is 17.2. The molecule has 36 heavy (non-hydrogen) atoms. The summed E-state index contributed by atoms with van der Waals surface area (Å²) in [6, 6.07) is 11.0. The standard InChI is InChI=1S/C25H29N3O6S2/c1-15(2)23(28-21(30)13-34-20-9-5-7-16-6-3-4-8-17(16)20)24(33)27-18(12-22(31)32)19(29)14-36-25-26-10-11-35-25/h3-9,15,18,23H,10-14H2,1-2H3,(H,27,33)(H,28,30)(H,31,32)/t18-,23-/m0/s1. The van der Waals surface area contributed by atoms with E-state index in [2.05, 4.69) is 15.6 Å². The lowest BCUT2D eigenvalue weighted by Gasteiger charge is -2.24. The minimum atomic E-state index is -1.21. The van der Waals surface area contributed by atoms with Crippen molar-refractivity contribution < 1.29 is 29.0 Å². The molecule has 3 N–H and O–H groups in total. The summed E-state index contributed by atoms with van der Waals surface area (Å²) in [5.41, 5.74) is 0. The predicted molar refractivity (Wildman–Crippen MR) is 143 cm³/mol. The topological polar surface area (TPSA) is 134 Å². The molecule has 2 amide bonds. The molecule has 2 aromatic carbocycles. The molecule has 0 aliphatic carbocycles. The summed E-state index contributed by atoms with van der Waals surface area (Å²) in [6.45, 7) is 3.87. The zero-order chi connectivity index (χ0) is 26.1. The van der Waals surface area contributed by atoms with Gasteiger partial charge < -0.3 is 20.5 Å². The van der Waals surface area contributed by atoms with Crippen LogP contribution in [0, 0.1) is 5.92 Å². The molecule has 2 aromatic rings. The van der Waals surface area contributed by atoms with Crippen molar-refractivity contribution in [1.82, 2.24) is 10.6 Å².